The highest BCUT2D eigenvalue weighted by atomic mass is 19.1. The van der Waals surface area contributed by atoms with Crippen LogP contribution in [0.1, 0.15) is 51.2 Å². The van der Waals surface area contributed by atoms with Crippen molar-refractivity contribution < 1.29 is 18.7 Å². The predicted molar refractivity (Wildman–Crippen MR) is 115 cm³/mol. The predicted octanol–water partition coefficient (Wildman–Crippen LogP) is 4.90. The first-order valence-corrected chi connectivity index (χ1v) is 10.6. The van der Waals surface area contributed by atoms with Crippen molar-refractivity contribution in [2.24, 2.45) is 0 Å². The number of nitrogens with zero attached hydrogens (tertiary/aromatic N) is 3. The minimum absolute atomic E-state index is 0.0415. The van der Waals surface area contributed by atoms with E-state index < -0.39 is 5.60 Å². The summed E-state index contributed by atoms with van der Waals surface area (Å²) in [5.74, 6) is 0.577. The van der Waals surface area contributed by atoms with Crippen molar-refractivity contribution in [2.45, 2.75) is 77.7 Å². The second-order valence-electron chi connectivity index (χ2n) is 9.34. The summed E-state index contributed by atoms with van der Waals surface area (Å²) in [5.41, 5.74) is 1.34. The maximum absolute atomic E-state index is 14.2. The number of fused-ring (bicyclic) bond motifs is 2. The molecule has 2 aliphatic heterocycles. The summed E-state index contributed by atoms with van der Waals surface area (Å²) in [7, 11) is 0. The molecule has 7 nitrogen and oxygen atoms in total. The van der Waals surface area contributed by atoms with Crippen LogP contribution in [0.4, 0.5) is 20.7 Å². The van der Waals surface area contributed by atoms with Crippen molar-refractivity contribution in [3.05, 3.63) is 41.5 Å². The average molecular weight is 429 g/mol. The number of carbonyl (C=O) groups is 1. The Labute approximate surface area is 182 Å². The first-order valence-electron chi connectivity index (χ1n) is 10.6. The first-order chi connectivity index (χ1) is 14.6. The van der Waals surface area contributed by atoms with E-state index in [0.717, 1.165) is 24.8 Å². The van der Waals surface area contributed by atoms with Crippen molar-refractivity contribution in [3.8, 4) is 5.88 Å². The van der Waals surface area contributed by atoms with E-state index in [1.807, 2.05) is 45.6 Å². The van der Waals surface area contributed by atoms with Gasteiger partial charge in [-0.05, 0) is 65.2 Å². The van der Waals surface area contributed by atoms with Gasteiger partial charge in [0.05, 0.1) is 17.3 Å². The van der Waals surface area contributed by atoms with Crippen LogP contribution < -0.4 is 10.1 Å². The topological polar surface area (TPSA) is 76.6 Å². The zero-order chi connectivity index (χ0) is 22.3. The summed E-state index contributed by atoms with van der Waals surface area (Å²) in [6.07, 6.45) is 3.51. The number of carbonyl (C=O) groups excluding carboxylic acids is 1. The van der Waals surface area contributed by atoms with E-state index in [0.29, 0.717) is 22.9 Å². The van der Waals surface area contributed by atoms with Crippen molar-refractivity contribution in [1.82, 2.24) is 14.9 Å². The van der Waals surface area contributed by atoms with Crippen LogP contribution in [-0.4, -0.2) is 44.7 Å². The molecule has 0 spiro atoms. The molecule has 0 aliphatic carbocycles. The first kappa shape index (κ1) is 21.3. The highest BCUT2D eigenvalue weighted by molar-refractivity contribution is 5.70. The second kappa shape index (κ2) is 7.98. The van der Waals surface area contributed by atoms with Crippen LogP contribution in [0.2, 0.25) is 0 Å². The summed E-state index contributed by atoms with van der Waals surface area (Å²) >= 11 is 0. The molecule has 1 N–H and O–H groups in total. The number of amides is 1. The lowest BCUT2D eigenvalue weighted by Crippen LogP contribution is -2.42. The van der Waals surface area contributed by atoms with Crippen LogP contribution in [0.3, 0.4) is 0 Å². The molecule has 4 rings (SSSR count). The van der Waals surface area contributed by atoms with E-state index in [-0.39, 0.29) is 30.1 Å². The molecule has 166 valence electrons. The molecule has 2 fully saturated rings. The molecule has 2 aromatic rings. The van der Waals surface area contributed by atoms with Gasteiger partial charge >= 0.3 is 6.09 Å². The molecule has 0 radical (unpaired) electrons. The monoisotopic (exact) mass is 428 g/mol. The number of aryl methyl sites for hydroxylation is 1. The Kier molecular flexibility index (Phi) is 5.49. The molecule has 2 aliphatic rings. The van der Waals surface area contributed by atoms with Crippen LogP contribution in [-0.2, 0) is 4.74 Å². The smallest absolute Gasteiger partial charge is 0.410 e. The van der Waals surface area contributed by atoms with E-state index in [4.69, 9.17) is 9.47 Å². The molecule has 1 amide bonds. The van der Waals surface area contributed by atoms with Gasteiger partial charge in [0.25, 0.3) is 0 Å². The minimum atomic E-state index is -0.537. The largest absolute Gasteiger partial charge is 0.472 e. The van der Waals surface area contributed by atoms with Crippen LogP contribution in [0, 0.1) is 19.7 Å². The Morgan fingerprint density at radius 2 is 2.00 bits per heavy atom. The van der Waals surface area contributed by atoms with E-state index in [2.05, 4.69) is 15.3 Å². The third kappa shape index (κ3) is 4.43. The van der Waals surface area contributed by atoms with Crippen LogP contribution in [0.15, 0.2) is 24.5 Å². The SMILES string of the molecule is Cc1ccc(Nc2ncnc(O[C@H]3CC4CCC3N4C(=O)OC(C)(C)C)c2C)c(F)c1. The van der Waals surface area contributed by atoms with Gasteiger partial charge in [0.1, 0.15) is 29.7 Å². The fraction of sp³-hybridized carbons (Fsp3) is 0.522. The van der Waals surface area contributed by atoms with Gasteiger partial charge in [-0.15, -0.1) is 0 Å². The molecule has 1 aromatic heterocycles. The molecule has 8 heteroatoms. The van der Waals surface area contributed by atoms with Crippen molar-refractivity contribution in [2.75, 3.05) is 5.32 Å². The highest BCUT2D eigenvalue weighted by Crippen LogP contribution is 2.41. The second-order valence-corrected chi connectivity index (χ2v) is 9.34. The fourth-order valence-electron chi connectivity index (χ4n) is 4.33. The molecule has 2 saturated heterocycles. The molecule has 31 heavy (non-hydrogen) atoms. The lowest BCUT2D eigenvalue weighted by molar-refractivity contribution is 0.0180. The molecule has 3 atom stereocenters. The number of benzene rings is 1. The van der Waals surface area contributed by atoms with Crippen molar-refractivity contribution >= 4 is 17.6 Å². The van der Waals surface area contributed by atoms with Crippen LogP contribution in [0.5, 0.6) is 5.88 Å². The molecule has 2 bridgehead atoms. The van der Waals surface area contributed by atoms with Gasteiger partial charge in [0.15, 0.2) is 0 Å². The van der Waals surface area contributed by atoms with E-state index in [1.165, 1.54) is 12.4 Å². The zero-order valence-electron chi connectivity index (χ0n) is 18.6. The Morgan fingerprint density at radius 1 is 1.23 bits per heavy atom. The summed E-state index contributed by atoms with van der Waals surface area (Å²) < 4.78 is 26.1. The average Bonchev–Trinajstić information content (AvgIpc) is 3.23. The van der Waals surface area contributed by atoms with Gasteiger partial charge in [0, 0.05) is 12.5 Å². The summed E-state index contributed by atoms with van der Waals surface area (Å²) in [6.45, 7) is 9.28. The Morgan fingerprint density at radius 3 is 2.71 bits per heavy atom. The summed E-state index contributed by atoms with van der Waals surface area (Å²) in [5, 5.41) is 3.03. The number of hydrogen-bond donors (Lipinski definition) is 1. The Hall–Kier alpha value is -2.90. The number of aromatic nitrogens is 2. The molecular formula is C23H29FN4O3. The third-order valence-electron chi connectivity index (χ3n) is 5.76. The maximum atomic E-state index is 14.2. The Bertz CT molecular complexity index is 991. The van der Waals surface area contributed by atoms with Gasteiger partial charge in [-0.2, -0.15) is 0 Å². The Balaban J connectivity index is 1.49. The number of anilines is 2. The van der Waals surface area contributed by atoms with Crippen molar-refractivity contribution in [1.29, 1.82) is 0 Å². The molecule has 0 saturated carbocycles. The minimum Gasteiger partial charge on any atom is -0.472 e. The van der Waals surface area contributed by atoms with Crippen LogP contribution >= 0.6 is 0 Å². The van der Waals surface area contributed by atoms with E-state index in [1.54, 1.807) is 6.07 Å². The standard InChI is InChI=1S/C23H29FN4O3/c1-13-6-8-17(16(24)10-13)27-20-14(2)21(26-12-25-20)30-19-11-15-7-9-18(19)28(15)22(29)31-23(3,4)5/h6,8,10,12,15,18-19H,7,9,11H2,1-5H3,(H,25,26,27)/t15?,18?,19-/m0/s1. The number of nitrogens with one attached hydrogen (secondary N) is 1. The van der Waals surface area contributed by atoms with Gasteiger partial charge in [-0.25, -0.2) is 19.2 Å². The van der Waals surface area contributed by atoms with Gasteiger partial charge in [-0.1, -0.05) is 6.07 Å². The van der Waals surface area contributed by atoms with Gasteiger partial charge in [-0.3, -0.25) is 4.90 Å². The van der Waals surface area contributed by atoms with Crippen LogP contribution in [0.25, 0.3) is 0 Å². The van der Waals surface area contributed by atoms with Crippen molar-refractivity contribution in [3.63, 3.8) is 0 Å². The normalized spacial score (nSPS) is 22.5. The molecular weight excluding hydrogens is 399 g/mol. The summed E-state index contributed by atoms with van der Waals surface area (Å²) in [4.78, 5) is 23.0. The number of halogens is 1. The lowest BCUT2D eigenvalue weighted by Gasteiger charge is -2.28. The molecule has 1 aromatic carbocycles. The number of hydrogen-bond acceptors (Lipinski definition) is 6. The molecule has 3 heterocycles. The number of ether oxygens (including phenoxy) is 2. The number of rotatable bonds is 4. The lowest BCUT2D eigenvalue weighted by atomic mass is 9.98. The quantitative estimate of drug-likeness (QED) is 0.747. The third-order valence-corrected chi connectivity index (χ3v) is 5.76. The van der Waals surface area contributed by atoms with Gasteiger partial charge < -0.3 is 14.8 Å². The highest BCUT2D eigenvalue weighted by Gasteiger charge is 2.51. The van der Waals surface area contributed by atoms with E-state index in [9.17, 15) is 9.18 Å². The summed E-state index contributed by atoms with van der Waals surface area (Å²) in [6, 6.07) is 5.06. The molecule has 2 unspecified atom stereocenters. The van der Waals surface area contributed by atoms with E-state index >= 15 is 0 Å². The zero-order valence-corrected chi connectivity index (χ0v) is 18.6. The fourth-order valence-corrected chi connectivity index (χ4v) is 4.33. The maximum Gasteiger partial charge on any atom is 0.410 e. The van der Waals surface area contributed by atoms with Gasteiger partial charge in [0.2, 0.25) is 5.88 Å².